The van der Waals surface area contributed by atoms with Crippen molar-refractivity contribution in [1.82, 2.24) is 10.3 Å². The van der Waals surface area contributed by atoms with E-state index in [1.165, 1.54) is 12.1 Å². The number of carbonyl (C=O) groups is 2. The zero-order valence-corrected chi connectivity index (χ0v) is 13.3. The summed E-state index contributed by atoms with van der Waals surface area (Å²) in [4.78, 5) is 25.5. The topological polar surface area (TPSA) is 61.8 Å². The van der Waals surface area contributed by atoms with E-state index >= 15 is 0 Å². The third-order valence-electron chi connectivity index (χ3n) is 3.83. The molecule has 0 atom stereocenters. The number of rotatable bonds is 5. The largest absolute Gasteiger partial charge is 0.333 e. The van der Waals surface area contributed by atoms with Gasteiger partial charge in [0.15, 0.2) is 0 Å². The fraction of sp³-hybridized carbons (Fsp3) is 0.471. The Morgan fingerprint density at radius 3 is 2.70 bits per heavy atom. The van der Waals surface area contributed by atoms with Crippen LogP contribution >= 0.6 is 0 Å². The lowest BCUT2D eigenvalue weighted by molar-refractivity contribution is -0.135. The predicted molar refractivity (Wildman–Crippen MR) is 86.4 cm³/mol. The third kappa shape index (κ3) is 5.16. The summed E-state index contributed by atoms with van der Waals surface area (Å²) in [5.41, 5.74) is 3.93. The van der Waals surface area contributed by atoms with E-state index in [4.69, 9.17) is 0 Å². The number of nitrogens with zero attached hydrogens (tertiary/aromatic N) is 2. The Bertz CT molecular complexity index is 584. The van der Waals surface area contributed by atoms with Gasteiger partial charge in [-0.3, -0.25) is 9.59 Å². The van der Waals surface area contributed by atoms with Gasteiger partial charge in [-0.1, -0.05) is 25.5 Å². The molecule has 124 valence electrons. The molecule has 1 heterocycles. The van der Waals surface area contributed by atoms with Gasteiger partial charge in [-0.2, -0.15) is 5.10 Å². The Balaban J connectivity index is 1.95. The molecule has 0 aromatic heterocycles. The molecule has 0 spiro atoms. The minimum Gasteiger partial charge on any atom is -0.333 e. The highest BCUT2D eigenvalue weighted by Crippen LogP contribution is 2.10. The lowest BCUT2D eigenvalue weighted by atomic mass is 10.1. The summed E-state index contributed by atoms with van der Waals surface area (Å²) in [6.45, 7) is 2.56. The van der Waals surface area contributed by atoms with Crippen molar-refractivity contribution in [3.8, 4) is 0 Å². The van der Waals surface area contributed by atoms with Gasteiger partial charge in [0, 0.05) is 13.0 Å². The zero-order chi connectivity index (χ0) is 16.7. The number of amides is 2. The Kier molecular flexibility index (Phi) is 6.26. The second kappa shape index (κ2) is 8.41. The first kappa shape index (κ1) is 17.1. The molecule has 1 saturated heterocycles. The highest BCUT2D eigenvalue weighted by atomic mass is 19.1. The number of hydrogen-bond donors (Lipinski definition) is 1. The van der Waals surface area contributed by atoms with E-state index in [2.05, 4.69) is 10.5 Å². The first-order chi connectivity index (χ1) is 11.1. The molecule has 0 bridgehead atoms. The van der Waals surface area contributed by atoms with E-state index < -0.39 is 0 Å². The van der Waals surface area contributed by atoms with Crippen LogP contribution in [0.25, 0.3) is 0 Å². The highest BCUT2D eigenvalue weighted by Gasteiger charge is 2.19. The predicted octanol–water partition coefficient (Wildman–Crippen LogP) is 2.46. The lowest BCUT2D eigenvalue weighted by Gasteiger charge is -2.19. The third-order valence-corrected chi connectivity index (χ3v) is 3.83. The van der Waals surface area contributed by atoms with Gasteiger partial charge in [-0.25, -0.2) is 9.82 Å². The fourth-order valence-corrected chi connectivity index (χ4v) is 2.53. The maximum absolute atomic E-state index is 13.0. The van der Waals surface area contributed by atoms with Gasteiger partial charge in [0.25, 0.3) is 5.91 Å². The molecule has 0 unspecified atom stereocenters. The summed E-state index contributed by atoms with van der Waals surface area (Å²) >= 11 is 0. The molecule has 1 fully saturated rings. The molecule has 23 heavy (non-hydrogen) atoms. The average molecular weight is 319 g/mol. The summed E-state index contributed by atoms with van der Waals surface area (Å²) in [6, 6.07) is 5.97. The van der Waals surface area contributed by atoms with Crippen LogP contribution in [0.1, 0.15) is 44.6 Å². The van der Waals surface area contributed by atoms with Crippen molar-refractivity contribution in [3.05, 3.63) is 35.6 Å². The molecule has 0 saturated carbocycles. The first-order valence-corrected chi connectivity index (χ1v) is 7.99. The molecule has 1 aromatic rings. The quantitative estimate of drug-likeness (QED) is 0.669. The van der Waals surface area contributed by atoms with Crippen molar-refractivity contribution in [2.45, 2.75) is 39.0 Å². The molecule has 0 aliphatic carbocycles. The van der Waals surface area contributed by atoms with Crippen LogP contribution in [0.2, 0.25) is 0 Å². The number of hydrazone groups is 1. The lowest BCUT2D eigenvalue weighted by Crippen LogP contribution is -2.39. The molecule has 2 amide bonds. The Labute approximate surface area is 135 Å². The van der Waals surface area contributed by atoms with Crippen molar-refractivity contribution in [3.63, 3.8) is 0 Å². The van der Waals surface area contributed by atoms with Crippen molar-refractivity contribution >= 4 is 17.5 Å². The van der Waals surface area contributed by atoms with Crippen molar-refractivity contribution in [2.75, 3.05) is 13.1 Å². The van der Waals surface area contributed by atoms with E-state index in [-0.39, 0.29) is 24.2 Å². The molecule has 1 aliphatic rings. The van der Waals surface area contributed by atoms with E-state index in [1.807, 2.05) is 6.92 Å². The number of carbonyl (C=O) groups excluding carboxylic acids is 2. The van der Waals surface area contributed by atoms with Crippen LogP contribution in [0.3, 0.4) is 0 Å². The summed E-state index contributed by atoms with van der Waals surface area (Å²) in [7, 11) is 0. The highest BCUT2D eigenvalue weighted by molar-refractivity contribution is 6.01. The normalized spacial score (nSPS) is 16.2. The maximum Gasteiger partial charge on any atom is 0.259 e. The van der Waals surface area contributed by atoms with Crippen LogP contribution in [0, 0.1) is 5.82 Å². The SMILES string of the molecule is CC/C(=N/NC(=O)CN1CCCCCC1=O)c1ccc(F)cc1. The van der Waals surface area contributed by atoms with Gasteiger partial charge in [-0.05, 0) is 37.0 Å². The van der Waals surface area contributed by atoms with Crippen LogP contribution in [-0.4, -0.2) is 35.5 Å². The molecule has 0 radical (unpaired) electrons. The minimum absolute atomic E-state index is 0.0240. The van der Waals surface area contributed by atoms with Gasteiger partial charge < -0.3 is 4.90 Å². The van der Waals surface area contributed by atoms with E-state index in [1.54, 1.807) is 17.0 Å². The van der Waals surface area contributed by atoms with Crippen molar-refractivity contribution < 1.29 is 14.0 Å². The average Bonchev–Trinajstić information content (AvgIpc) is 2.74. The Morgan fingerprint density at radius 2 is 2.00 bits per heavy atom. The molecule has 1 aromatic carbocycles. The van der Waals surface area contributed by atoms with Gasteiger partial charge in [0.1, 0.15) is 12.4 Å². The van der Waals surface area contributed by atoms with Gasteiger partial charge in [0.2, 0.25) is 5.91 Å². The van der Waals surface area contributed by atoms with E-state index in [9.17, 15) is 14.0 Å². The molecular formula is C17H22FN3O2. The van der Waals surface area contributed by atoms with Crippen molar-refractivity contribution in [1.29, 1.82) is 0 Å². The molecule has 6 heteroatoms. The molecule has 2 rings (SSSR count). The fourth-order valence-electron chi connectivity index (χ4n) is 2.53. The van der Waals surface area contributed by atoms with Crippen LogP contribution in [-0.2, 0) is 9.59 Å². The molecule has 1 N–H and O–H groups in total. The van der Waals surface area contributed by atoms with Crippen LogP contribution in [0.5, 0.6) is 0 Å². The smallest absolute Gasteiger partial charge is 0.259 e. The molecule has 1 aliphatic heterocycles. The number of benzene rings is 1. The van der Waals surface area contributed by atoms with Crippen LogP contribution < -0.4 is 5.43 Å². The van der Waals surface area contributed by atoms with Crippen LogP contribution in [0.15, 0.2) is 29.4 Å². The maximum atomic E-state index is 13.0. The summed E-state index contributed by atoms with van der Waals surface area (Å²) < 4.78 is 13.0. The second-order valence-electron chi connectivity index (χ2n) is 5.58. The van der Waals surface area contributed by atoms with Gasteiger partial charge >= 0.3 is 0 Å². The molecular weight excluding hydrogens is 297 g/mol. The van der Waals surface area contributed by atoms with Gasteiger partial charge in [-0.15, -0.1) is 0 Å². The summed E-state index contributed by atoms with van der Waals surface area (Å²) in [5, 5.41) is 4.11. The second-order valence-corrected chi connectivity index (χ2v) is 5.58. The first-order valence-electron chi connectivity index (χ1n) is 7.99. The van der Waals surface area contributed by atoms with E-state index in [0.717, 1.165) is 24.8 Å². The Hall–Kier alpha value is -2.24. The standard InChI is InChI=1S/C17H22FN3O2/c1-2-15(13-7-9-14(18)10-8-13)19-20-16(22)12-21-11-5-3-4-6-17(21)23/h7-10H,2-6,11-12H2,1H3,(H,20,22)/b19-15-. The van der Waals surface area contributed by atoms with E-state index in [0.29, 0.717) is 25.1 Å². The number of hydrogen-bond acceptors (Lipinski definition) is 3. The minimum atomic E-state index is -0.312. The van der Waals surface area contributed by atoms with Crippen LogP contribution in [0.4, 0.5) is 4.39 Å². The summed E-state index contributed by atoms with van der Waals surface area (Å²) in [6.07, 6.45) is 3.95. The number of halogens is 1. The zero-order valence-electron chi connectivity index (χ0n) is 13.3. The molecule has 5 nitrogen and oxygen atoms in total. The monoisotopic (exact) mass is 319 g/mol. The summed E-state index contributed by atoms with van der Waals surface area (Å²) in [5.74, 6) is -0.600. The van der Waals surface area contributed by atoms with Crippen molar-refractivity contribution in [2.24, 2.45) is 5.10 Å². The Morgan fingerprint density at radius 1 is 1.26 bits per heavy atom. The van der Waals surface area contributed by atoms with Gasteiger partial charge in [0.05, 0.1) is 5.71 Å². The number of likely N-dealkylation sites (tertiary alicyclic amines) is 1. The number of nitrogens with one attached hydrogen (secondary N) is 1.